The molecule has 3 aliphatic rings. The molecule has 1 saturated carbocycles. The van der Waals surface area contributed by atoms with Gasteiger partial charge in [-0.15, -0.1) is 0 Å². The average molecular weight is 318 g/mol. The highest BCUT2D eigenvalue weighted by Gasteiger charge is 2.44. The number of carbonyl (C=O) groups is 2. The number of aromatic nitrogens is 2. The van der Waals surface area contributed by atoms with E-state index in [0.717, 1.165) is 12.1 Å². The van der Waals surface area contributed by atoms with Gasteiger partial charge in [0.2, 0.25) is 11.8 Å². The van der Waals surface area contributed by atoms with Crippen LogP contribution < -0.4 is 0 Å². The van der Waals surface area contributed by atoms with Crippen molar-refractivity contribution in [3.63, 3.8) is 0 Å². The van der Waals surface area contributed by atoms with Crippen LogP contribution in [0.1, 0.15) is 25.1 Å². The number of hydrogen-bond donors (Lipinski definition) is 0. The van der Waals surface area contributed by atoms with Gasteiger partial charge in [-0.05, 0) is 18.4 Å². The van der Waals surface area contributed by atoms with E-state index in [-0.39, 0.29) is 17.7 Å². The molecule has 3 heterocycles. The predicted molar refractivity (Wildman–Crippen MR) is 81.4 cm³/mol. The van der Waals surface area contributed by atoms with Crippen molar-refractivity contribution in [2.75, 3.05) is 32.8 Å². The van der Waals surface area contributed by atoms with Crippen molar-refractivity contribution in [3.05, 3.63) is 18.0 Å². The minimum Gasteiger partial charge on any atom is -0.378 e. The Labute approximate surface area is 135 Å². The van der Waals surface area contributed by atoms with Crippen LogP contribution in [-0.4, -0.2) is 64.2 Å². The summed E-state index contributed by atoms with van der Waals surface area (Å²) in [6.45, 7) is 5.45. The molecule has 2 amide bonds. The molecule has 0 spiro atoms. The van der Waals surface area contributed by atoms with E-state index in [2.05, 4.69) is 12.0 Å². The molecule has 1 aromatic rings. The minimum absolute atomic E-state index is 0.0413. The maximum Gasteiger partial charge on any atom is 0.249 e. The summed E-state index contributed by atoms with van der Waals surface area (Å²) in [6.07, 6.45) is 2.68. The summed E-state index contributed by atoms with van der Waals surface area (Å²) in [5, 5.41) is 4.32. The van der Waals surface area contributed by atoms with Gasteiger partial charge in [0.1, 0.15) is 6.04 Å². The molecule has 7 nitrogen and oxygen atoms in total. The highest BCUT2D eigenvalue weighted by molar-refractivity contribution is 5.85. The number of morpholine rings is 1. The van der Waals surface area contributed by atoms with Crippen LogP contribution in [0.15, 0.2) is 12.3 Å². The lowest BCUT2D eigenvalue weighted by atomic mass is 10.1. The summed E-state index contributed by atoms with van der Waals surface area (Å²) in [4.78, 5) is 29.2. The van der Waals surface area contributed by atoms with Crippen molar-refractivity contribution in [2.24, 2.45) is 11.8 Å². The van der Waals surface area contributed by atoms with Crippen molar-refractivity contribution in [3.8, 4) is 0 Å². The normalized spacial score (nSPS) is 30.0. The van der Waals surface area contributed by atoms with Gasteiger partial charge in [-0.25, -0.2) is 0 Å². The zero-order valence-corrected chi connectivity index (χ0v) is 13.4. The topological polar surface area (TPSA) is 67.7 Å². The Morgan fingerprint density at radius 3 is 2.65 bits per heavy atom. The fraction of sp³-hybridized carbons (Fsp3) is 0.688. The van der Waals surface area contributed by atoms with Crippen molar-refractivity contribution in [2.45, 2.75) is 25.9 Å². The molecule has 1 aromatic heterocycles. The van der Waals surface area contributed by atoms with Crippen molar-refractivity contribution < 1.29 is 14.3 Å². The fourth-order valence-corrected chi connectivity index (χ4v) is 3.54. The molecule has 0 bridgehead atoms. The molecule has 0 unspecified atom stereocenters. The third-order valence-corrected chi connectivity index (χ3v) is 5.14. The van der Waals surface area contributed by atoms with E-state index in [1.54, 1.807) is 10.9 Å². The first-order valence-corrected chi connectivity index (χ1v) is 8.33. The lowest BCUT2D eigenvalue weighted by Crippen LogP contribution is -2.51. The Balaban J connectivity index is 1.55. The summed E-state index contributed by atoms with van der Waals surface area (Å²) in [7, 11) is 0. The fourth-order valence-electron chi connectivity index (χ4n) is 3.54. The summed E-state index contributed by atoms with van der Waals surface area (Å²) < 4.78 is 7.11. The number of ether oxygens (including phenoxy) is 1. The van der Waals surface area contributed by atoms with E-state index in [1.807, 2.05) is 15.9 Å². The number of hydrogen-bond acceptors (Lipinski definition) is 4. The van der Waals surface area contributed by atoms with Crippen molar-refractivity contribution >= 4 is 11.8 Å². The Kier molecular flexibility index (Phi) is 3.60. The standard InChI is InChI=1S/C16H22N4O3/c1-11-8-13(11)15(21)19-9-12-2-3-17-20(12)14(10-19)16(22)18-4-6-23-7-5-18/h2-3,11,13-14H,4-10H2,1H3/t11-,13-,14+/m1/s1. The molecule has 7 heteroatoms. The van der Waals surface area contributed by atoms with E-state index in [4.69, 9.17) is 4.74 Å². The molecule has 2 aliphatic heterocycles. The molecule has 2 fully saturated rings. The summed E-state index contributed by atoms with van der Waals surface area (Å²) in [5.41, 5.74) is 0.935. The molecular formula is C16H22N4O3. The maximum absolute atomic E-state index is 12.9. The minimum atomic E-state index is -0.412. The zero-order valence-electron chi connectivity index (χ0n) is 13.4. The molecular weight excluding hydrogens is 296 g/mol. The van der Waals surface area contributed by atoms with Crippen molar-refractivity contribution in [1.29, 1.82) is 0 Å². The number of nitrogens with zero attached hydrogens (tertiary/aromatic N) is 4. The van der Waals surface area contributed by atoms with Crippen LogP contribution in [-0.2, 0) is 20.9 Å². The summed E-state index contributed by atoms with van der Waals surface area (Å²) in [5.74, 6) is 0.843. The maximum atomic E-state index is 12.9. The lowest BCUT2D eigenvalue weighted by molar-refractivity contribution is -0.143. The van der Waals surface area contributed by atoms with Gasteiger partial charge in [0.15, 0.2) is 0 Å². The summed E-state index contributed by atoms with van der Waals surface area (Å²) in [6, 6.07) is 1.49. The van der Waals surface area contributed by atoms with Crippen molar-refractivity contribution in [1.82, 2.24) is 19.6 Å². The van der Waals surface area contributed by atoms with Gasteiger partial charge in [0, 0.05) is 25.2 Å². The number of amides is 2. The van der Waals surface area contributed by atoms with Gasteiger partial charge < -0.3 is 14.5 Å². The van der Waals surface area contributed by atoms with Gasteiger partial charge in [-0.1, -0.05) is 6.92 Å². The van der Waals surface area contributed by atoms with Crippen LogP contribution in [0.4, 0.5) is 0 Å². The Hall–Kier alpha value is -1.89. The molecule has 0 radical (unpaired) electrons. The van der Waals surface area contributed by atoms with E-state index in [1.165, 1.54) is 0 Å². The first kappa shape index (κ1) is 14.7. The third-order valence-electron chi connectivity index (χ3n) is 5.14. The van der Waals surface area contributed by atoms with Crippen LogP contribution in [0.5, 0.6) is 0 Å². The lowest BCUT2D eigenvalue weighted by Gasteiger charge is -2.37. The number of rotatable bonds is 2. The Morgan fingerprint density at radius 2 is 1.96 bits per heavy atom. The monoisotopic (exact) mass is 318 g/mol. The van der Waals surface area contributed by atoms with Gasteiger partial charge in [0.25, 0.3) is 0 Å². The second-order valence-corrected chi connectivity index (χ2v) is 6.76. The zero-order chi connectivity index (χ0) is 16.0. The summed E-state index contributed by atoms with van der Waals surface area (Å²) >= 11 is 0. The Morgan fingerprint density at radius 1 is 1.22 bits per heavy atom. The predicted octanol–water partition coefficient (Wildman–Crippen LogP) is 0.281. The second kappa shape index (κ2) is 5.63. The molecule has 0 aromatic carbocycles. The van der Waals surface area contributed by atoms with Gasteiger partial charge in [-0.2, -0.15) is 5.10 Å². The van der Waals surface area contributed by atoms with E-state index < -0.39 is 6.04 Å². The quantitative estimate of drug-likeness (QED) is 0.785. The van der Waals surface area contributed by atoms with E-state index >= 15 is 0 Å². The highest BCUT2D eigenvalue weighted by Crippen LogP contribution is 2.40. The van der Waals surface area contributed by atoms with E-state index in [9.17, 15) is 9.59 Å². The number of carbonyl (C=O) groups excluding carboxylic acids is 2. The van der Waals surface area contributed by atoms with Crippen LogP contribution >= 0.6 is 0 Å². The van der Waals surface area contributed by atoms with Crippen LogP contribution in [0.3, 0.4) is 0 Å². The van der Waals surface area contributed by atoms with Crippen LogP contribution in [0, 0.1) is 11.8 Å². The van der Waals surface area contributed by atoms with Gasteiger partial charge in [0.05, 0.1) is 32.0 Å². The van der Waals surface area contributed by atoms with Gasteiger partial charge in [-0.3, -0.25) is 14.3 Å². The smallest absolute Gasteiger partial charge is 0.249 e. The highest BCUT2D eigenvalue weighted by atomic mass is 16.5. The molecule has 4 rings (SSSR count). The second-order valence-electron chi connectivity index (χ2n) is 6.76. The molecule has 0 N–H and O–H groups in total. The van der Waals surface area contributed by atoms with Crippen LogP contribution in [0.2, 0.25) is 0 Å². The first-order valence-electron chi connectivity index (χ1n) is 8.33. The average Bonchev–Trinajstić information content (AvgIpc) is 3.12. The molecule has 3 atom stereocenters. The number of fused-ring (bicyclic) bond motifs is 1. The van der Waals surface area contributed by atoms with E-state index in [0.29, 0.717) is 45.3 Å². The third kappa shape index (κ3) is 2.63. The molecule has 124 valence electrons. The van der Waals surface area contributed by atoms with Crippen LogP contribution in [0.25, 0.3) is 0 Å². The molecule has 23 heavy (non-hydrogen) atoms. The Bertz CT molecular complexity index is 623. The van der Waals surface area contributed by atoms with Gasteiger partial charge >= 0.3 is 0 Å². The molecule has 1 saturated heterocycles. The molecule has 1 aliphatic carbocycles. The largest absolute Gasteiger partial charge is 0.378 e. The SMILES string of the molecule is C[C@@H]1C[C@H]1C(=O)N1Cc2ccnn2[C@H](C(=O)N2CCOCC2)C1. The first-order chi connectivity index (χ1) is 11.1.